The number of rotatable bonds is 10. The predicted molar refractivity (Wildman–Crippen MR) is 146 cm³/mol. The van der Waals surface area contributed by atoms with Gasteiger partial charge in [0, 0.05) is 35.2 Å². The average molecular weight is 613 g/mol. The number of nitrogens with zero attached hydrogens (tertiary/aromatic N) is 3. The second kappa shape index (κ2) is 10.4. The van der Waals surface area contributed by atoms with Crippen LogP contribution in [0.2, 0.25) is 0 Å². The summed E-state index contributed by atoms with van der Waals surface area (Å²) < 4.78 is 94.6. The summed E-state index contributed by atoms with van der Waals surface area (Å²) >= 11 is 0. The second-order valence-electron chi connectivity index (χ2n) is 11.7. The molecule has 3 unspecified atom stereocenters. The average Bonchev–Trinajstić information content (AvgIpc) is 3.89. The minimum Gasteiger partial charge on any atom is -0.490 e. The van der Waals surface area contributed by atoms with Crippen LogP contribution in [-0.2, 0) is 17.1 Å². The first-order chi connectivity index (χ1) is 21.0. The second-order valence-corrected chi connectivity index (χ2v) is 11.7. The van der Waals surface area contributed by atoms with Crippen LogP contribution in [0.3, 0.4) is 0 Å². The number of alkyl halides is 4. The number of fused-ring (bicyclic) bond motifs is 3. The molecule has 7 rings (SSSR count). The maximum absolute atomic E-state index is 15.6. The van der Waals surface area contributed by atoms with Gasteiger partial charge in [-0.25, -0.2) is 22.2 Å². The highest BCUT2D eigenvalue weighted by Gasteiger charge is 2.67. The molecule has 2 aromatic carbocycles. The summed E-state index contributed by atoms with van der Waals surface area (Å²) in [6, 6.07) is 11.4. The van der Waals surface area contributed by atoms with E-state index >= 15 is 8.78 Å². The van der Waals surface area contributed by atoms with Crippen LogP contribution < -0.4 is 10.5 Å². The molecule has 2 saturated carbocycles. The van der Waals surface area contributed by atoms with Crippen molar-refractivity contribution in [3.8, 4) is 16.9 Å². The van der Waals surface area contributed by atoms with E-state index in [4.69, 9.17) is 10.5 Å². The van der Waals surface area contributed by atoms with Gasteiger partial charge in [0.05, 0.1) is 11.8 Å². The topological polar surface area (TPSA) is 83.0 Å². The Hall–Kier alpha value is -4.35. The number of pyridine rings is 1. The van der Waals surface area contributed by atoms with Crippen molar-refractivity contribution in [3.63, 3.8) is 0 Å². The molecular weight excluding hydrogens is 586 g/mol. The fraction of sp³-hybridized carbons (Fsp3) is 0.344. The quantitative estimate of drug-likeness (QED) is 0.196. The molecule has 1 amide bonds. The molecule has 2 N–H and O–H groups in total. The molecule has 0 bridgehead atoms. The molecule has 44 heavy (non-hydrogen) atoms. The smallest absolute Gasteiger partial charge is 0.293 e. The van der Waals surface area contributed by atoms with Gasteiger partial charge in [-0.3, -0.25) is 9.78 Å². The van der Waals surface area contributed by atoms with E-state index in [0.717, 1.165) is 25.0 Å². The highest BCUT2D eigenvalue weighted by molar-refractivity contribution is 5.81. The van der Waals surface area contributed by atoms with E-state index in [2.05, 4.69) is 10.1 Å². The third kappa shape index (κ3) is 4.89. The Morgan fingerprint density at radius 2 is 1.75 bits per heavy atom. The van der Waals surface area contributed by atoms with Crippen LogP contribution in [-0.4, -0.2) is 26.8 Å². The molecule has 0 saturated heterocycles. The number of nitrogens with two attached hydrogens (primary N) is 1. The molecule has 228 valence electrons. The van der Waals surface area contributed by atoms with Gasteiger partial charge in [0.2, 0.25) is 5.91 Å². The molecule has 3 aliphatic rings. The van der Waals surface area contributed by atoms with Gasteiger partial charge >= 0.3 is 0 Å². The lowest BCUT2D eigenvalue weighted by atomic mass is 9.84. The summed E-state index contributed by atoms with van der Waals surface area (Å²) in [5, 5.41) is 3.89. The molecule has 4 atom stereocenters. The molecule has 4 aromatic rings. The summed E-state index contributed by atoms with van der Waals surface area (Å²) in [5.41, 5.74) is 5.39. The summed E-state index contributed by atoms with van der Waals surface area (Å²) in [5.74, 6) is -9.03. The molecule has 0 spiro atoms. The fourth-order valence-corrected chi connectivity index (χ4v) is 6.49. The van der Waals surface area contributed by atoms with Gasteiger partial charge < -0.3 is 10.5 Å². The standard InChI is InChI=1S/C32H26F6N4O2/c33-17-10-15(11-18(34)13-17)12-23(26-21(2-1-9-40-26)16-3-5-19(6-4-16)44-20-7-8-20)28(31(39)43)42-29-25(27(41-42)30(35)36)22-14-24(22)32(29,37)38/h1-6,9-11,13,20,22-24,28,30H,7-8,12,14H2,(H2,39,43)/t22?,23-,24?,28?/m1/s1. The van der Waals surface area contributed by atoms with Crippen LogP contribution in [0.1, 0.15) is 71.8 Å². The maximum Gasteiger partial charge on any atom is 0.293 e. The molecular formula is C32H26F6N4O2. The number of primary amides is 1. The van der Waals surface area contributed by atoms with Gasteiger partial charge in [-0.1, -0.05) is 18.2 Å². The first kappa shape index (κ1) is 28.4. The van der Waals surface area contributed by atoms with Crippen LogP contribution in [0.25, 0.3) is 11.1 Å². The first-order valence-corrected chi connectivity index (χ1v) is 14.3. The van der Waals surface area contributed by atoms with E-state index in [9.17, 15) is 22.4 Å². The normalized spacial score (nSPS) is 21.1. The van der Waals surface area contributed by atoms with Gasteiger partial charge in [-0.2, -0.15) is 13.9 Å². The van der Waals surface area contributed by atoms with Crippen molar-refractivity contribution in [1.82, 2.24) is 14.8 Å². The Morgan fingerprint density at radius 1 is 1.05 bits per heavy atom. The fourth-order valence-electron chi connectivity index (χ4n) is 6.49. The third-order valence-electron chi connectivity index (χ3n) is 8.62. The molecule has 0 aliphatic heterocycles. The van der Waals surface area contributed by atoms with E-state index in [0.29, 0.717) is 27.6 Å². The van der Waals surface area contributed by atoms with Gasteiger partial charge in [0.15, 0.2) is 0 Å². The largest absolute Gasteiger partial charge is 0.490 e. The summed E-state index contributed by atoms with van der Waals surface area (Å²) in [7, 11) is 0. The number of carbonyl (C=O) groups is 1. The van der Waals surface area contributed by atoms with E-state index in [1.54, 1.807) is 36.4 Å². The lowest BCUT2D eigenvalue weighted by molar-refractivity contribution is -0.122. The number of hydrogen-bond acceptors (Lipinski definition) is 4. The zero-order valence-electron chi connectivity index (χ0n) is 23.1. The lowest BCUT2D eigenvalue weighted by Crippen LogP contribution is -2.36. The third-order valence-corrected chi connectivity index (χ3v) is 8.62. The Balaban J connectivity index is 1.39. The molecule has 6 nitrogen and oxygen atoms in total. The Bertz CT molecular complexity index is 1730. The molecule has 12 heteroatoms. The summed E-state index contributed by atoms with van der Waals surface area (Å²) in [4.78, 5) is 17.8. The van der Waals surface area contributed by atoms with Crippen LogP contribution in [0.15, 0.2) is 60.8 Å². The molecule has 2 aromatic heterocycles. The van der Waals surface area contributed by atoms with Crippen molar-refractivity contribution in [2.45, 2.75) is 62.0 Å². The van der Waals surface area contributed by atoms with Crippen molar-refractivity contribution in [2.75, 3.05) is 0 Å². The molecule has 2 fully saturated rings. The van der Waals surface area contributed by atoms with Crippen LogP contribution in [0.5, 0.6) is 5.75 Å². The lowest BCUT2D eigenvalue weighted by Gasteiger charge is -2.29. The highest BCUT2D eigenvalue weighted by atomic mass is 19.3. The number of aromatic nitrogens is 3. The van der Waals surface area contributed by atoms with E-state index in [1.807, 2.05) is 0 Å². The zero-order chi connectivity index (χ0) is 30.9. The molecule has 0 radical (unpaired) electrons. The molecule has 3 aliphatic carbocycles. The van der Waals surface area contributed by atoms with Gasteiger partial charge in [0.25, 0.3) is 12.3 Å². The summed E-state index contributed by atoms with van der Waals surface area (Å²) in [6.45, 7) is 0. The van der Waals surface area contributed by atoms with Crippen molar-refractivity contribution >= 4 is 5.91 Å². The Kier molecular flexibility index (Phi) is 6.71. The van der Waals surface area contributed by atoms with Crippen molar-refractivity contribution in [3.05, 3.63) is 101 Å². The number of benzene rings is 2. The van der Waals surface area contributed by atoms with Gasteiger partial charge in [-0.15, -0.1) is 0 Å². The van der Waals surface area contributed by atoms with E-state index in [1.165, 1.54) is 6.20 Å². The van der Waals surface area contributed by atoms with E-state index in [-0.39, 0.29) is 35.8 Å². The van der Waals surface area contributed by atoms with Crippen LogP contribution in [0.4, 0.5) is 26.3 Å². The monoisotopic (exact) mass is 612 g/mol. The van der Waals surface area contributed by atoms with E-state index < -0.39 is 65.1 Å². The molecule has 2 heterocycles. The summed E-state index contributed by atoms with van der Waals surface area (Å²) in [6.07, 6.45) is 0.0803. The zero-order valence-corrected chi connectivity index (χ0v) is 23.1. The Morgan fingerprint density at radius 3 is 2.39 bits per heavy atom. The van der Waals surface area contributed by atoms with Crippen LogP contribution in [0, 0.1) is 17.6 Å². The number of amides is 1. The first-order valence-electron chi connectivity index (χ1n) is 14.3. The predicted octanol–water partition coefficient (Wildman–Crippen LogP) is 6.96. The number of ether oxygens (including phenoxy) is 1. The number of halogens is 6. The Labute approximate surface area is 247 Å². The minimum absolute atomic E-state index is 0.0312. The van der Waals surface area contributed by atoms with Crippen molar-refractivity contribution < 1.29 is 35.9 Å². The number of carbonyl (C=O) groups excluding carboxylic acids is 1. The van der Waals surface area contributed by atoms with Gasteiger partial charge in [-0.05, 0) is 73.1 Å². The number of hydrogen-bond donors (Lipinski definition) is 1. The highest BCUT2D eigenvalue weighted by Crippen LogP contribution is 2.68. The van der Waals surface area contributed by atoms with Crippen LogP contribution >= 0.6 is 0 Å². The van der Waals surface area contributed by atoms with Crippen molar-refractivity contribution in [2.24, 2.45) is 11.7 Å². The van der Waals surface area contributed by atoms with Gasteiger partial charge in [0.1, 0.15) is 34.8 Å². The maximum atomic E-state index is 15.6. The SMILES string of the molecule is NC(=O)C([C@H](Cc1cc(F)cc(F)c1)c1ncccc1-c1ccc(OC2CC2)cc1)n1nc(C(F)F)c2c1C(F)(F)C1CC21. The minimum atomic E-state index is -3.53. The van der Waals surface area contributed by atoms with Crippen molar-refractivity contribution in [1.29, 1.82) is 0 Å².